The van der Waals surface area contributed by atoms with Gasteiger partial charge in [0.05, 0.1) is 12.2 Å². The summed E-state index contributed by atoms with van der Waals surface area (Å²) in [5.41, 5.74) is 1.04. The van der Waals surface area contributed by atoms with E-state index in [9.17, 15) is 5.11 Å². The summed E-state index contributed by atoms with van der Waals surface area (Å²) in [5.74, 6) is 1.56. The summed E-state index contributed by atoms with van der Waals surface area (Å²) < 4.78 is 5.97. The number of hydrogen-bond donors (Lipinski definition) is 1. The highest BCUT2D eigenvalue weighted by Crippen LogP contribution is 2.34. The maximum Gasteiger partial charge on any atom is 0.211 e. The molecule has 0 spiro atoms. The van der Waals surface area contributed by atoms with Gasteiger partial charge in [-0.25, -0.2) is 4.98 Å². The molecular formula is C18H24N2O2. The summed E-state index contributed by atoms with van der Waals surface area (Å²) >= 11 is 0. The topological polar surface area (TPSA) is 49.5 Å². The number of oxazole rings is 1. The molecule has 2 atom stereocenters. The normalized spacial score (nSPS) is 24.3. The summed E-state index contributed by atoms with van der Waals surface area (Å²) in [6.07, 6.45) is 3.98. The minimum atomic E-state index is -0.0125. The molecule has 118 valence electrons. The fourth-order valence-corrected chi connectivity index (χ4v) is 3.19. The van der Waals surface area contributed by atoms with Crippen molar-refractivity contribution in [1.29, 1.82) is 0 Å². The Morgan fingerprint density at radius 2 is 2.14 bits per heavy atom. The van der Waals surface area contributed by atoms with Crippen LogP contribution in [0.4, 0.5) is 0 Å². The van der Waals surface area contributed by atoms with Crippen molar-refractivity contribution in [3.05, 3.63) is 42.4 Å². The Bertz CT molecular complexity index is 611. The Morgan fingerprint density at radius 1 is 1.36 bits per heavy atom. The second-order valence-electron chi connectivity index (χ2n) is 6.65. The predicted octanol–water partition coefficient (Wildman–Crippen LogP) is 3.50. The van der Waals surface area contributed by atoms with Gasteiger partial charge in [-0.15, -0.1) is 0 Å². The molecule has 4 nitrogen and oxygen atoms in total. The summed E-state index contributed by atoms with van der Waals surface area (Å²) in [5, 5.41) is 9.61. The summed E-state index contributed by atoms with van der Waals surface area (Å²) in [4.78, 5) is 6.83. The fourth-order valence-electron chi connectivity index (χ4n) is 3.19. The van der Waals surface area contributed by atoms with Crippen LogP contribution in [0.5, 0.6) is 0 Å². The zero-order chi connectivity index (χ0) is 15.6. The highest BCUT2D eigenvalue weighted by atomic mass is 16.4. The van der Waals surface area contributed by atoms with E-state index in [2.05, 4.69) is 23.7 Å². The van der Waals surface area contributed by atoms with Gasteiger partial charge in [-0.05, 0) is 26.3 Å². The van der Waals surface area contributed by atoms with E-state index in [1.807, 2.05) is 30.3 Å². The molecule has 0 radical (unpaired) electrons. The van der Waals surface area contributed by atoms with Gasteiger partial charge in [0.15, 0.2) is 5.76 Å². The second kappa shape index (κ2) is 6.23. The Labute approximate surface area is 131 Å². The summed E-state index contributed by atoms with van der Waals surface area (Å²) in [6.45, 7) is 6.42. The monoisotopic (exact) mass is 300 g/mol. The van der Waals surface area contributed by atoms with Crippen molar-refractivity contribution >= 4 is 0 Å². The molecule has 1 fully saturated rings. The maximum absolute atomic E-state index is 9.61. The van der Waals surface area contributed by atoms with E-state index in [1.165, 1.54) is 0 Å². The van der Waals surface area contributed by atoms with Crippen LogP contribution in [0.3, 0.4) is 0 Å². The average Bonchev–Trinajstić information content (AvgIpc) is 3.05. The van der Waals surface area contributed by atoms with Crippen LogP contribution >= 0.6 is 0 Å². The van der Waals surface area contributed by atoms with Crippen molar-refractivity contribution in [2.45, 2.75) is 32.7 Å². The number of nitrogens with zero attached hydrogens (tertiary/aromatic N) is 2. The molecule has 1 aliphatic heterocycles. The molecule has 1 N–H and O–H groups in total. The van der Waals surface area contributed by atoms with Crippen LogP contribution < -0.4 is 0 Å². The zero-order valence-corrected chi connectivity index (χ0v) is 13.3. The molecule has 2 heterocycles. The number of aromatic nitrogens is 1. The second-order valence-corrected chi connectivity index (χ2v) is 6.65. The Balaban J connectivity index is 1.75. The van der Waals surface area contributed by atoms with Crippen LogP contribution in [0.15, 0.2) is 40.9 Å². The molecule has 1 aromatic heterocycles. The van der Waals surface area contributed by atoms with Crippen LogP contribution in [0.2, 0.25) is 0 Å². The van der Waals surface area contributed by atoms with Crippen molar-refractivity contribution in [3.8, 4) is 11.3 Å². The number of rotatable bonds is 4. The van der Waals surface area contributed by atoms with E-state index in [4.69, 9.17) is 4.42 Å². The lowest BCUT2D eigenvalue weighted by Gasteiger charge is -2.41. The van der Waals surface area contributed by atoms with Gasteiger partial charge in [-0.1, -0.05) is 37.3 Å². The van der Waals surface area contributed by atoms with E-state index in [1.54, 1.807) is 6.20 Å². The van der Waals surface area contributed by atoms with Crippen molar-refractivity contribution < 1.29 is 9.52 Å². The van der Waals surface area contributed by atoms with Gasteiger partial charge in [0, 0.05) is 24.1 Å². The van der Waals surface area contributed by atoms with E-state index >= 15 is 0 Å². The van der Waals surface area contributed by atoms with E-state index < -0.39 is 0 Å². The number of benzene rings is 1. The SMILES string of the molecule is CC(c1ncc(-c2ccccc2)o1)N1CCCC(C)(CO)C1. The number of aliphatic hydroxyl groups excluding tert-OH is 1. The van der Waals surface area contributed by atoms with E-state index in [-0.39, 0.29) is 18.1 Å². The summed E-state index contributed by atoms with van der Waals surface area (Å²) in [6, 6.07) is 10.2. The van der Waals surface area contributed by atoms with E-state index in [0.29, 0.717) is 0 Å². The molecule has 2 aromatic rings. The van der Waals surface area contributed by atoms with Gasteiger partial charge in [0.1, 0.15) is 0 Å². The third kappa shape index (κ3) is 3.08. The average molecular weight is 300 g/mol. The van der Waals surface area contributed by atoms with Gasteiger partial charge in [-0.3, -0.25) is 4.90 Å². The molecule has 4 heteroatoms. The lowest BCUT2D eigenvalue weighted by molar-refractivity contribution is 0.0225. The van der Waals surface area contributed by atoms with Crippen molar-refractivity contribution in [3.63, 3.8) is 0 Å². The smallest absolute Gasteiger partial charge is 0.211 e. The molecule has 0 bridgehead atoms. The van der Waals surface area contributed by atoms with Crippen LogP contribution in [-0.2, 0) is 0 Å². The molecular weight excluding hydrogens is 276 g/mol. The molecule has 0 amide bonds. The minimum absolute atomic E-state index is 0.0125. The highest BCUT2D eigenvalue weighted by molar-refractivity contribution is 5.55. The first-order valence-corrected chi connectivity index (χ1v) is 7.97. The highest BCUT2D eigenvalue weighted by Gasteiger charge is 2.33. The molecule has 1 aromatic carbocycles. The van der Waals surface area contributed by atoms with Crippen LogP contribution in [0.1, 0.15) is 38.6 Å². The van der Waals surface area contributed by atoms with E-state index in [0.717, 1.165) is 43.1 Å². The molecule has 1 saturated heterocycles. The third-order valence-corrected chi connectivity index (χ3v) is 4.68. The zero-order valence-electron chi connectivity index (χ0n) is 13.3. The van der Waals surface area contributed by atoms with Gasteiger partial charge < -0.3 is 9.52 Å². The largest absolute Gasteiger partial charge is 0.439 e. The first kappa shape index (κ1) is 15.3. The predicted molar refractivity (Wildman–Crippen MR) is 86.4 cm³/mol. The molecule has 22 heavy (non-hydrogen) atoms. The number of likely N-dealkylation sites (tertiary alicyclic amines) is 1. The lowest BCUT2D eigenvalue weighted by Crippen LogP contribution is -2.44. The summed E-state index contributed by atoms with van der Waals surface area (Å²) in [7, 11) is 0. The van der Waals surface area contributed by atoms with Crippen molar-refractivity contribution in [2.75, 3.05) is 19.7 Å². The maximum atomic E-state index is 9.61. The molecule has 0 aliphatic carbocycles. The molecule has 2 unspecified atom stereocenters. The number of aliphatic hydroxyl groups is 1. The van der Waals surface area contributed by atoms with Gasteiger partial charge >= 0.3 is 0 Å². The quantitative estimate of drug-likeness (QED) is 0.939. The first-order chi connectivity index (χ1) is 10.6. The van der Waals surface area contributed by atoms with Gasteiger partial charge in [0.25, 0.3) is 0 Å². The first-order valence-electron chi connectivity index (χ1n) is 7.97. The Hall–Kier alpha value is -1.65. The van der Waals surface area contributed by atoms with Crippen molar-refractivity contribution in [1.82, 2.24) is 9.88 Å². The van der Waals surface area contributed by atoms with Crippen LogP contribution in [-0.4, -0.2) is 34.7 Å². The van der Waals surface area contributed by atoms with Gasteiger partial charge in [-0.2, -0.15) is 0 Å². The minimum Gasteiger partial charge on any atom is -0.439 e. The van der Waals surface area contributed by atoms with Crippen molar-refractivity contribution in [2.24, 2.45) is 5.41 Å². The third-order valence-electron chi connectivity index (χ3n) is 4.68. The molecule has 1 aliphatic rings. The number of hydrogen-bond acceptors (Lipinski definition) is 4. The standard InChI is InChI=1S/C18H24N2O2/c1-14(20-10-6-9-18(2,12-20)13-21)17-19-11-16(22-17)15-7-4-3-5-8-15/h3-5,7-8,11,14,21H,6,9-10,12-13H2,1-2H3. The molecule has 3 rings (SSSR count). The van der Waals surface area contributed by atoms with Crippen LogP contribution in [0.25, 0.3) is 11.3 Å². The lowest BCUT2D eigenvalue weighted by atomic mass is 9.82. The molecule has 0 saturated carbocycles. The van der Waals surface area contributed by atoms with Gasteiger partial charge in [0.2, 0.25) is 5.89 Å². The Kier molecular flexibility index (Phi) is 4.32. The number of piperidine rings is 1. The Morgan fingerprint density at radius 3 is 2.86 bits per heavy atom. The fraction of sp³-hybridized carbons (Fsp3) is 0.500. The van der Waals surface area contributed by atoms with Crippen LogP contribution in [0, 0.1) is 5.41 Å².